The second kappa shape index (κ2) is 5.74. The van der Waals surface area contributed by atoms with Crippen molar-refractivity contribution in [2.24, 2.45) is 5.92 Å². The fraction of sp³-hybridized carbons (Fsp3) is 0.571. The van der Waals surface area contributed by atoms with Gasteiger partial charge in [0.05, 0.1) is 0 Å². The highest BCUT2D eigenvalue weighted by molar-refractivity contribution is 7.98. The number of benzene rings is 1. The number of rotatable bonds is 6. The van der Waals surface area contributed by atoms with Crippen LogP contribution in [0.15, 0.2) is 24.3 Å². The van der Waals surface area contributed by atoms with Gasteiger partial charge in [-0.2, -0.15) is 11.8 Å². The van der Waals surface area contributed by atoms with Crippen molar-refractivity contribution in [3.63, 3.8) is 0 Å². The molecule has 0 spiro atoms. The topological polar surface area (TPSA) is 12.0 Å². The monoisotopic (exact) mass is 235 g/mol. The SMILES string of the molecule is CSCCNC(c1ccccc1C)C1CC1. The maximum absolute atomic E-state index is 3.72. The molecule has 1 atom stereocenters. The van der Waals surface area contributed by atoms with E-state index in [2.05, 4.69) is 42.8 Å². The molecule has 1 saturated carbocycles. The van der Waals surface area contributed by atoms with E-state index in [1.807, 2.05) is 11.8 Å². The van der Waals surface area contributed by atoms with Crippen LogP contribution in [0.3, 0.4) is 0 Å². The first-order valence-corrected chi connectivity index (χ1v) is 7.50. The molecule has 1 fully saturated rings. The largest absolute Gasteiger partial charge is 0.309 e. The van der Waals surface area contributed by atoms with E-state index in [4.69, 9.17) is 0 Å². The Morgan fingerprint density at radius 2 is 2.12 bits per heavy atom. The predicted molar refractivity (Wildman–Crippen MR) is 73.0 cm³/mol. The van der Waals surface area contributed by atoms with Gasteiger partial charge in [0.2, 0.25) is 0 Å². The molecule has 88 valence electrons. The van der Waals surface area contributed by atoms with Crippen LogP contribution in [0.25, 0.3) is 0 Å². The van der Waals surface area contributed by atoms with Crippen LogP contribution in [-0.2, 0) is 0 Å². The lowest BCUT2D eigenvalue weighted by Gasteiger charge is -2.20. The second-order valence-corrected chi connectivity index (χ2v) is 5.60. The Morgan fingerprint density at radius 1 is 1.38 bits per heavy atom. The molecule has 1 N–H and O–H groups in total. The Labute approximate surface area is 103 Å². The molecule has 2 rings (SSSR count). The van der Waals surface area contributed by atoms with E-state index in [-0.39, 0.29) is 0 Å². The zero-order chi connectivity index (χ0) is 11.4. The third-order valence-corrected chi connectivity index (χ3v) is 3.90. The van der Waals surface area contributed by atoms with Gasteiger partial charge in [-0.1, -0.05) is 24.3 Å². The van der Waals surface area contributed by atoms with Gasteiger partial charge >= 0.3 is 0 Å². The summed E-state index contributed by atoms with van der Waals surface area (Å²) in [4.78, 5) is 0. The summed E-state index contributed by atoms with van der Waals surface area (Å²) in [6.45, 7) is 3.34. The number of thioether (sulfide) groups is 1. The van der Waals surface area contributed by atoms with E-state index in [1.165, 1.54) is 29.7 Å². The first-order chi connectivity index (χ1) is 7.83. The smallest absolute Gasteiger partial charge is 0.0351 e. The first kappa shape index (κ1) is 12.0. The van der Waals surface area contributed by atoms with Crippen molar-refractivity contribution < 1.29 is 0 Å². The van der Waals surface area contributed by atoms with Gasteiger partial charge < -0.3 is 5.32 Å². The van der Waals surface area contributed by atoms with Crippen LogP contribution in [-0.4, -0.2) is 18.6 Å². The molecule has 0 amide bonds. The van der Waals surface area contributed by atoms with E-state index in [0.717, 1.165) is 12.5 Å². The lowest BCUT2D eigenvalue weighted by Crippen LogP contribution is -2.26. The number of hydrogen-bond acceptors (Lipinski definition) is 2. The molecule has 1 unspecified atom stereocenters. The maximum Gasteiger partial charge on any atom is 0.0351 e. The van der Waals surface area contributed by atoms with Crippen LogP contribution >= 0.6 is 11.8 Å². The summed E-state index contributed by atoms with van der Waals surface area (Å²) >= 11 is 1.91. The second-order valence-electron chi connectivity index (χ2n) is 4.62. The zero-order valence-corrected chi connectivity index (χ0v) is 11.0. The molecule has 0 heterocycles. The Balaban J connectivity index is 2.04. The van der Waals surface area contributed by atoms with Crippen LogP contribution in [0.2, 0.25) is 0 Å². The highest BCUT2D eigenvalue weighted by Crippen LogP contribution is 2.41. The van der Waals surface area contributed by atoms with Crippen molar-refractivity contribution in [2.75, 3.05) is 18.6 Å². The fourth-order valence-corrected chi connectivity index (χ4v) is 2.53. The Bertz CT molecular complexity index is 333. The first-order valence-electron chi connectivity index (χ1n) is 6.11. The molecule has 0 aromatic heterocycles. The average Bonchev–Trinajstić information content (AvgIpc) is 3.10. The molecule has 1 aliphatic carbocycles. The van der Waals surface area contributed by atoms with Crippen LogP contribution in [0.4, 0.5) is 0 Å². The van der Waals surface area contributed by atoms with Crippen molar-refractivity contribution in [3.8, 4) is 0 Å². The molecule has 0 aliphatic heterocycles. The molecule has 1 aromatic rings. The number of hydrogen-bond donors (Lipinski definition) is 1. The third kappa shape index (κ3) is 3.02. The van der Waals surface area contributed by atoms with Crippen molar-refractivity contribution in [1.29, 1.82) is 0 Å². The summed E-state index contributed by atoms with van der Waals surface area (Å²) in [5.74, 6) is 2.08. The van der Waals surface area contributed by atoms with E-state index in [0.29, 0.717) is 6.04 Å². The molecule has 16 heavy (non-hydrogen) atoms. The molecular formula is C14H21NS. The van der Waals surface area contributed by atoms with E-state index in [9.17, 15) is 0 Å². The van der Waals surface area contributed by atoms with Gasteiger partial charge in [-0.3, -0.25) is 0 Å². The summed E-state index contributed by atoms with van der Waals surface area (Å²) in [6, 6.07) is 9.39. The van der Waals surface area contributed by atoms with Crippen LogP contribution in [0.1, 0.15) is 30.0 Å². The van der Waals surface area contributed by atoms with Crippen molar-refractivity contribution >= 4 is 11.8 Å². The van der Waals surface area contributed by atoms with Gasteiger partial charge in [-0.15, -0.1) is 0 Å². The Kier molecular flexibility index (Phi) is 4.30. The highest BCUT2D eigenvalue weighted by atomic mass is 32.2. The lowest BCUT2D eigenvalue weighted by atomic mass is 9.98. The standard InChI is InChI=1S/C14H21NS/c1-11-5-3-4-6-13(11)14(12-7-8-12)15-9-10-16-2/h3-6,12,14-15H,7-10H2,1-2H3. The van der Waals surface area contributed by atoms with E-state index < -0.39 is 0 Å². The highest BCUT2D eigenvalue weighted by Gasteiger charge is 2.32. The van der Waals surface area contributed by atoms with Gasteiger partial charge in [0.25, 0.3) is 0 Å². The lowest BCUT2D eigenvalue weighted by molar-refractivity contribution is 0.496. The van der Waals surface area contributed by atoms with E-state index in [1.54, 1.807) is 0 Å². The molecular weight excluding hydrogens is 214 g/mol. The third-order valence-electron chi connectivity index (χ3n) is 3.29. The van der Waals surface area contributed by atoms with Gasteiger partial charge in [-0.25, -0.2) is 0 Å². The quantitative estimate of drug-likeness (QED) is 0.758. The molecule has 1 aliphatic rings. The molecule has 0 radical (unpaired) electrons. The Hall–Kier alpha value is -0.470. The van der Waals surface area contributed by atoms with Gasteiger partial charge in [-0.05, 0) is 43.1 Å². The van der Waals surface area contributed by atoms with Crippen molar-refractivity contribution in [1.82, 2.24) is 5.32 Å². The molecule has 0 bridgehead atoms. The van der Waals surface area contributed by atoms with Crippen LogP contribution in [0.5, 0.6) is 0 Å². The Morgan fingerprint density at radius 3 is 2.75 bits per heavy atom. The minimum absolute atomic E-state index is 0.591. The minimum Gasteiger partial charge on any atom is -0.309 e. The fourth-order valence-electron chi connectivity index (χ4n) is 2.21. The zero-order valence-electron chi connectivity index (χ0n) is 10.2. The van der Waals surface area contributed by atoms with E-state index >= 15 is 0 Å². The minimum atomic E-state index is 0.591. The molecule has 1 aromatic carbocycles. The van der Waals surface area contributed by atoms with Gasteiger partial charge in [0.15, 0.2) is 0 Å². The number of nitrogens with one attached hydrogen (secondary N) is 1. The van der Waals surface area contributed by atoms with Crippen LogP contribution in [0, 0.1) is 12.8 Å². The molecule has 1 nitrogen and oxygen atoms in total. The summed E-state index contributed by atoms with van der Waals surface area (Å²) in [5, 5.41) is 3.72. The van der Waals surface area contributed by atoms with Crippen molar-refractivity contribution in [2.45, 2.75) is 25.8 Å². The summed E-state index contributed by atoms with van der Waals surface area (Å²) in [6.07, 6.45) is 4.96. The summed E-state index contributed by atoms with van der Waals surface area (Å²) < 4.78 is 0. The molecule has 2 heteroatoms. The normalized spacial score (nSPS) is 17.4. The average molecular weight is 235 g/mol. The molecule has 0 saturated heterocycles. The summed E-state index contributed by atoms with van der Waals surface area (Å²) in [7, 11) is 0. The predicted octanol–water partition coefficient (Wildman–Crippen LogP) is 3.40. The summed E-state index contributed by atoms with van der Waals surface area (Å²) in [5.41, 5.74) is 2.93. The maximum atomic E-state index is 3.72. The van der Waals surface area contributed by atoms with Crippen molar-refractivity contribution in [3.05, 3.63) is 35.4 Å². The van der Waals surface area contributed by atoms with Gasteiger partial charge in [0.1, 0.15) is 0 Å². The van der Waals surface area contributed by atoms with Crippen LogP contribution < -0.4 is 5.32 Å². The number of aryl methyl sites for hydroxylation is 1. The van der Waals surface area contributed by atoms with Gasteiger partial charge in [0, 0.05) is 18.3 Å².